The summed E-state index contributed by atoms with van der Waals surface area (Å²) in [4.78, 5) is 6.32. The maximum absolute atomic E-state index is 9.30. The molecule has 6 nitrogen and oxygen atoms in total. The lowest BCUT2D eigenvalue weighted by molar-refractivity contribution is 0.168. The molecule has 4 rings (SSSR count). The zero-order valence-corrected chi connectivity index (χ0v) is 14.5. The fourth-order valence-electron chi connectivity index (χ4n) is 3.06. The molecule has 0 atom stereocenters. The molecule has 0 saturated carbocycles. The summed E-state index contributed by atoms with van der Waals surface area (Å²) in [6.45, 7) is 1.21. The Morgan fingerprint density at radius 3 is 2.31 bits per heavy atom. The Labute approximate surface area is 151 Å². The van der Waals surface area contributed by atoms with E-state index in [-0.39, 0.29) is 0 Å². The number of aromatic amines is 2. The summed E-state index contributed by atoms with van der Waals surface area (Å²) in [5, 5.41) is 20.1. The van der Waals surface area contributed by atoms with E-state index >= 15 is 0 Å². The first-order chi connectivity index (χ1) is 12.7. The van der Waals surface area contributed by atoms with Crippen LogP contribution < -0.4 is 11.2 Å². The van der Waals surface area contributed by atoms with Gasteiger partial charge in [0.05, 0.1) is 0 Å². The van der Waals surface area contributed by atoms with Gasteiger partial charge in [0.1, 0.15) is 5.75 Å². The van der Waals surface area contributed by atoms with Gasteiger partial charge in [-0.25, -0.2) is 5.48 Å². The number of hydroxylamine groups is 1. The predicted molar refractivity (Wildman–Crippen MR) is 105 cm³/mol. The Hall–Kier alpha value is -2.80. The monoisotopic (exact) mass is 352 g/mol. The number of phenolic OH excluding ortho intramolecular Hbond substituents is 1. The zero-order chi connectivity index (χ0) is 18.4. The normalized spacial score (nSPS) is 10.8. The fraction of sp³-hybridized carbons (Fsp3) is 0.200. The molecule has 0 radical (unpaired) electrons. The van der Waals surface area contributed by atoms with Gasteiger partial charge in [0.2, 0.25) is 0 Å². The highest BCUT2D eigenvalue weighted by molar-refractivity contribution is 5.84. The predicted octanol–water partition coefficient (Wildman–Crippen LogP) is 3.06. The molecular formula is C20H24N4O2. The van der Waals surface area contributed by atoms with Crippen LogP contribution in [0.2, 0.25) is 0 Å². The zero-order valence-electron chi connectivity index (χ0n) is 14.5. The number of H-pyrrole nitrogens is 2. The van der Waals surface area contributed by atoms with Crippen LogP contribution in [0.5, 0.6) is 5.75 Å². The number of rotatable bonds is 5. The number of phenols is 1. The summed E-state index contributed by atoms with van der Waals surface area (Å²) in [5.74, 6) is 0.297. The SMILES string of the molecule is NCCc1c[nH]c2ccc(O)cc12.ONCCc1c[nH]c2ccccc12. The van der Waals surface area contributed by atoms with Crippen molar-refractivity contribution in [3.8, 4) is 5.75 Å². The quantitative estimate of drug-likeness (QED) is 0.310. The summed E-state index contributed by atoms with van der Waals surface area (Å²) >= 11 is 0. The van der Waals surface area contributed by atoms with Gasteiger partial charge < -0.3 is 26.0 Å². The summed E-state index contributed by atoms with van der Waals surface area (Å²) in [5.41, 5.74) is 12.2. The molecule has 2 heterocycles. The van der Waals surface area contributed by atoms with E-state index < -0.39 is 0 Å². The Morgan fingerprint density at radius 2 is 1.58 bits per heavy atom. The molecule has 0 fully saturated rings. The number of hydrogen-bond donors (Lipinski definition) is 6. The highest BCUT2D eigenvalue weighted by Gasteiger charge is 2.03. The minimum absolute atomic E-state index is 0.297. The van der Waals surface area contributed by atoms with E-state index in [1.54, 1.807) is 12.1 Å². The van der Waals surface area contributed by atoms with Crippen molar-refractivity contribution < 1.29 is 10.3 Å². The second kappa shape index (κ2) is 8.53. The topological polar surface area (TPSA) is 110 Å². The molecule has 0 aliphatic rings. The van der Waals surface area contributed by atoms with Gasteiger partial charge in [-0.05, 0) is 54.8 Å². The molecule has 26 heavy (non-hydrogen) atoms. The van der Waals surface area contributed by atoms with Crippen LogP contribution in [-0.2, 0) is 12.8 Å². The number of para-hydroxylation sites is 1. The van der Waals surface area contributed by atoms with E-state index in [0.717, 1.165) is 34.8 Å². The van der Waals surface area contributed by atoms with E-state index in [4.69, 9.17) is 10.9 Å². The Kier molecular flexibility index (Phi) is 5.91. The number of nitrogens with one attached hydrogen (secondary N) is 3. The van der Waals surface area contributed by atoms with Crippen molar-refractivity contribution in [3.05, 3.63) is 66.0 Å². The van der Waals surface area contributed by atoms with Gasteiger partial charge >= 0.3 is 0 Å². The molecule has 7 N–H and O–H groups in total. The highest BCUT2D eigenvalue weighted by atomic mass is 16.5. The molecule has 6 heteroatoms. The summed E-state index contributed by atoms with van der Waals surface area (Å²) in [6, 6.07) is 13.5. The third-order valence-corrected chi connectivity index (χ3v) is 4.35. The third-order valence-electron chi connectivity index (χ3n) is 4.35. The van der Waals surface area contributed by atoms with E-state index in [1.165, 1.54) is 10.9 Å². The lowest BCUT2D eigenvalue weighted by Crippen LogP contribution is -2.10. The molecule has 0 aliphatic carbocycles. The van der Waals surface area contributed by atoms with Crippen LogP contribution in [0.1, 0.15) is 11.1 Å². The summed E-state index contributed by atoms with van der Waals surface area (Å²) < 4.78 is 0. The van der Waals surface area contributed by atoms with Gasteiger partial charge in [-0.15, -0.1) is 0 Å². The summed E-state index contributed by atoms with van der Waals surface area (Å²) in [7, 11) is 0. The first-order valence-electron chi connectivity index (χ1n) is 8.64. The van der Waals surface area contributed by atoms with Crippen molar-refractivity contribution in [2.45, 2.75) is 12.8 Å². The molecule has 2 aromatic carbocycles. The number of aromatic nitrogens is 2. The molecule has 0 unspecified atom stereocenters. The second-order valence-corrected chi connectivity index (χ2v) is 6.10. The smallest absolute Gasteiger partial charge is 0.116 e. The van der Waals surface area contributed by atoms with Crippen molar-refractivity contribution >= 4 is 21.8 Å². The average molecular weight is 352 g/mol. The Balaban J connectivity index is 0.000000151. The van der Waals surface area contributed by atoms with E-state index in [0.29, 0.717) is 18.8 Å². The number of benzene rings is 2. The van der Waals surface area contributed by atoms with E-state index in [9.17, 15) is 5.11 Å². The minimum atomic E-state index is 0.297. The van der Waals surface area contributed by atoms with Gasteiger partial charge in [0, 0.05) is 40.7 Å². The highest BCUT2D eigenvalue weighted by Crippen LogP contribution is 2.22. The number of aromatic hydroxyl groups is 1. The van der Waals surface area contributed by atoms with E-state index in [1.807, 2.05) is 36.7 Å². The Bertz CT molecular complexity index is 974. The molecule has 4 aromatic rings. The van der Waals surface area contributed by atoms with Gasteiger partial charge in [-0.3, -0.25) is 0 Å². The number of nitrogens with two attached hydrogens (primary N) is 1. The molecule has 0 spiro atoms. The van der Waals surface area contributed by atoms with Gasteiger partial charge in [-0.2, -0.15) is 0 Å². The molecule has 0 amide bonds. The molecular weight excluding hydrogens is 328 g/mol. The van der Waals surface area contributed by atoms with Crippen LogP contribution >= 0.6 is 0 Å². The molecule has 2 aromatic heterocycles. The van der Waals surface area contributed by atoms with Gasteiger partial charge in [0.15, 0.2) is 0 Å². The maximum Gasteiger partial charge on any atom is 0.116 e. The number of hydrogen-bond acceptors (Lipinski definition) is 4. The van der Waals surface area contributed by atoms with Crippen LogP contribution in [-0.4, -0.2) is 33.4 Å². The van der Waals surface area contributed by atoms with Crippen molar-refractivity contribution in [1.29, 1.82) is 0 Å². The first kappa shape index (κ1) is 18.0. The second-order valence-electron chi connectivity index (χ2n) is 6.10. The lowest BCUT2D eigenvalue weighted by atomic mass is 10.1. The van der Waals surface area contributed by atoms with Crippen LogP contribution in [0.4, 0.5) is 0 Å². The minimum Gasteiger partial charge on any atom is -0.508 e. The van der Waals surface area contributed by atoms with Crippen LogP contribution in [0, 0.1) is 0 Å². The van der Waals surface area contributed by atoms with Crippen LogP contribution in [0.3, 0.4) is 0 Å². The van der Waals surface area contributed by atoms with Crippen LogP contribution in [0.15, 0.2) is 54.9 Å². The number of fused-ring (bicyclic) bond motifs is 2. The first-order valence-corrected chi connectivity index (χ1v) is 8.64. The van der Waals surface area contributed by atoms with Crippen molar-refractivity contribution in [1.82, 2.24) is 15.4 Å². The van der Waals surface area contributed by atoms with Crippen LogP contribution in [0.25, 0.3) is 21.8 Å². The van der Waals surface area contributed by atoms with Gasteiger partial charge in [-0.1, -0.05) is 18.2 Å². The molecule has 0 bridgehead atoms. The average Bonchev–Trinajstić information content (AvgIpc) is 3.25. The summed E-state index contributed by atoms with van der Waals surface area (Å²) in [6.07, 6.45) is 5.60. The molecule has 0 saturated heterocycles. The molecule has 136 valence electrons. The van der Waals surface area contributed by atoms with E-state index in [2.05, 4.69) is 21.5 Å². The standard InChI is InChI=1S/2C10H12N2O/c11-4-3-7-6-12-10-2-1-8(13)5-9(7)10;13-12-6-5-8-7-11-10-4-2-1-3-9(8)10/h1-2,5-6,12-13H,3-4,11H2;1-4,7,11-13H,5-6H2. The Morgan fingerprint density at radius 1 is 0.885 bits per heavy atom. The van der Waals surface area contributed by atoms with Crippen molar-refractivity contribution in [2.75, 3.05) is 13.1 Å². The fourth-order valence-corrected chi connectivity index (χ4v) is 3.06. The van der Waals surface area contributed by atoms with Crippen molar-refractivity contribution in [3.63, 3.8) is 0 Å². The molecule has 0 aliphatic heterocycles. The lowest BCUT2D eigenvalue weighted by Gasteiger charge is -1.96. The largest absolute Gasteiger partial charge is 0.508 e. The maximum atomic E-state index is 9.30. The van der Waals surface area contributed by atoms with Gasteiger partial charge in [0.25, 0.3) is 0 Å². The third kappa shape index (κ3) is 4.05. The van der Waals surface area contributed by atoms with Crippen molar-refractivity contribution in [2.24, 2.45) is 5.73 Å².